The summed E-state index contributed by atoms with van der Waals surface area (Å²) in [4.78, 5) is 15.4. The average molecular weight is 218 g/mol. The molecule has 0 saturated carbocycles. The van der Waals surface area contributed by atoms with Crippen LogP contribution in [0.2, 0.25) is 0 Å². The molecule has 6 nitrogen and oxygen atoms in total. The first kappa shape index (κ1) is 12.5. The lowest BCUT2D eigenvalue weighted by atomic mass is 10.5. The van der Waals surface area contributed by atoms with E-state index in [2.05, 4.69) is 0 Å². The molecule has 0 aromatic rings. The lowest BCUT2D eigenvalue weighted by molar-refractivity contribution is 0.197. The van der Waals surface area contributed by atoms with Crippen LogP contribution in [0.15, 0.2) is 0 Å². The second-order valence-electron chi connectivity index (χ2n) is 1.94. The van der Waals surface area contributed by atoms with Crippen molar-refractivity contribution in [3.8, 4) is 0 Å². The molecule has 1 saturated heterocycles. The highest BCUT2D eigenvalue weighted by atomic mass is 31.2. The third-order valence-electron chi connectivity index (χ3n) is 0.795. The molecule has 0 aromatic carbocycles. The number of aliphatic hydroxyl groups excluding tert-OH is 1. The lowest BCUT2D eigenvalue weighted by Crippen LogP contribution is -1.98. The third-order valence-corrected chi connectivity index (χ3v) is 1.81. The quantitative estimate of drug-likeness (QED) is 0.538. The van der Waals surface area contributed by atoms with Crippen LogP contribution in [0.25, 0.3) is 0 Å². The van der Waals surface area contributed by atoms with Gasteiger partial charge in [-0.25, -0.2) is 0 Å². The van der Waals surface area contributed by atoms with E-state index in [-0.39, 0.29) is 0 Å². The molecule has 0 atom stereocenters. The van der Waals surface area contributed by atoms with Gasteiger partial charge in [0, 0.05) is 0 Å². The number of hydrogen-bond donors (Lipinski definition) is 3. The minimum Gasteiger partial charge on any atom is -0.384 e. The van der Waals surface area contributed by atoms with Gasteiger partial charge in [0.2, 0.25) is 0 Å². The van der Waals surface area contributed by atoms with Crippen molar-refractivity contribution in [2.24, 2.45) is 0 Å². The Morgan fingerprint density at radius 3 is 1.83 bits per heavy atom. The predicted octanol–water partition coefficient (Wildman–Crippen LogP) is 0.0457. The van der Waals surface area contributed by atoms with Gasteiger partial charge < -0.3 is 23.9 Å². The molecule has 0 bridgehead atoms. The van der Waals surface area contributed by atoms with Crippen LogP contribution in [0, 0.1) is 0 Å². The van der Waals surface area contributed by atoms with Crippen LogP contribution in [0.1, 0.15) is 6.42 Å². The van der Waals surface area contributed by atoms with Gasteiger partial charge in [-0.1, -0.05) is 0 Å². The molecule has 0 aliphatic carbocycles. The first-order chi connectivity index (χ1) is 5.56. The fourth-order valence-electron chi connectivity index (χ4n) is 0.328. The third kappa shape index (κ3) is 10.5. The summed E-state index contributed by atoms with van der Waals surface area (Å²) >= 11 is 0. The second kappa shape index (κ2) is 6.92. The van der Waals surface area contributed by atoms with Crippen molar-refractivity contribution in [3.05, 3.63) is 0 Å². The van der Waals surface area contributed by atoms with Crippen molar-refractivity contribution in [3.63, 3.8) is 0 Å². The fourth-order valence-corrected chi connectivity index (χ4v) is 0.867. The van der Waals surface area contributed by atoms with Gasteiger partial charge in [-0.2, -0.15) is 0 Å². The topological polar surface area (TPSA) is 96.2 Å². The van der Waals surface area contributed by atoms with E-state index in [0.29, 0.717) is 9.03 Å². The molecule has 12 heavy (non-hydrogen) atoms. The maximum atomic E-state index is 9.44. The van der Waals surface area contributed by atoms with E-state index < -0.39 is 13.9 Å². The average Bonchev–Trinajstić information content (AvgIpc) is 2.07. The van der Waals surface area contributed by atoms with Gasteiger partial charge >= 0.3 is 7.60 Å². The van der Waals surface area contributed by atoms with Crippen LogP contribution in [-0.4, -0.2) is 34.5 Å². The molecule has 1 aliphatic rings. The van der Waals surface area contributed by atoms with E-state index >= 15 is 0 Å². The van der Waals surface area contributed by atoms with E-state index in [4.69, 9.17) is 23.9 Å². The predicted molar refractivity (Wildman–Crippen MR) is 44.0 cm³/mol. The van der Waals surface area contributed by atoms with Crippen LogP contribution in [-0.2, 0) is 13.6 Å². The highest BCUT2D eigenvalue weighted by Crippen LogP contribution is 2.31. The van der Waals surface area contributed by atoms with Gasteiger partial charge in [-0.3, -0.25) is 4.57 Å². The molecule has 1 fully saturated rings. The van der Waals surface area contributed by atoms with E-state index in [1.807, 2.05) is 0 Å². The monoisotopic (exact) mass is 218 g/mol. The SMILES string of the molecule is C1COPOC1.O=P(O)(O)CO. The molecule has 0 spiro atoms. The van der Waals surface area contributed by atoms with E-state index in [1.165, 1.54) is 0 Å². The Bertz CT molecular complexity index is 129. The Hall–Kier alpha value is 0.460. The summed E-state index contributed by atoms with van der Waals surface area (Å²) in [7, 11) is -3.79. The molecule has 0 radical (unpaired) electrons. The van der Waals surface area contributed by atoms with Gasteiger partial charge in [-0.05, 0) is 6.42 Å². The Balaban J connectivity index is 0.000000202. The van der Waals surface area contributed by atoms with Crippen molar-refractivity contribution in [1.82, 2.24) is 0 Å². The Kier molecular flexibility index (Phi) is 7.19. The van der Waals surface area contributed by atoms with Crippen molar-refractivity contribution in [2.75, 3.05) is 19.6 Å². The van der Waals surface area contributed by atoms with Gasteiger partial charge in [-0.15, -0.1) is 0 Å². The minimum atomic E-state index is -4.09. The highest BCUT2D eigenvalue weighted by molar-refractivity contribution is 7.51. The zero-order chi connectivity index (χ0) is 9.45. The summed E-state index contributed by atoms with van der Waals surface area (Å²) in [6.45, 7) is 1.77. The van der Waals surface area contributed by atoms with E-state index in [9.17, 15) is 4.57 Å². The van der Waals surface area contributed by atoms with Crippen LogP contribution in [0.3, 0.4) is 0 Å². The van der Waals surface area contributed by atoms with Crippen molar-refractivity contribution in [2.45, 2.75) is 6.42 Å². The standard InChI is InChI=1S/C3H7O2P.CH5O4P/c1-2-4-6-5-3-1;2-1-6(3,4)5/h6H,1-3H2;2H,1H2,(H2,3,4,5). The molecular formula is C4H12O6P2. The summed E-state index contributed by atoms with van der Waals surface area (Å²) < 4.78 is 19.2. The highest BCUT2D eigenvalue weighted by Gasteiger charge is 2.07. The first-order valence-corrected chi connectivity index (χ1v) is 5.81. The zero-order valence-electron chi connectivity index (χ0n) is 6.34. The van der Waals surface area contributed by atoms with Crippen LogP contribution in [0.4, 0.5) is 0 Å². The van der Waals surface area contributed by atoms with Crippen LogP contribution < -0.4 is 0 Å². The molecule has 1 heterocycles. The first-order valence-electron chi connectivity index (χ1n) is 3.20. The molecule has 3 N–H and O–H groups in total. The van der Waals surface area contributed by atoms with E-state index in [1.54, 1.807) is 0 Å². The number of hydrogen-bond acceptors (Lipinski definition) is 4. The summed E-state index contributed by atoms with van der Waals surface area (Å²) in [5, 5.41) is 7.64. The summed E-state index contributed by atoms with van der Waals surface area (Å²) in [6, 6.07) is 0. The molecule has 1 rings (SSSR count). The van der Waals surface area contributed by atoms with Gasteiger partial charge in [0.05, 0.1) is 13.2 Å². The van der Waals surface area contributed by atoms with Crippen molar-refractivity contribution >= 4 is 16.6 Å². The smallest absolute Gasteiger partial charge is 0.350 e. The molecule has 0 amide bonds. The van der Waals surface area contributed by atoms with Crippen molar-refractivity contribution in [1.29, 1.82) is 0 Å². The Morgan fingerprint density at radius 2 is 1.75 bits per heavy atom. The summed E-state index contributed by atoms with van der Waals surface area (Å²) in [5.41, 5.74) is 0. The summed E-state index contributed by atoms with van der Waals surface area (Å²) in [6.07, 6.45) is 0. The largest absolute Gasteiger partial charge is 0.384 e. The minimum absolute atomic E-state index is 0.302. The number of aliphatic hydroxyl groups is 1. The number of rotatable bonds is 1. The van der Waals surface area contributed by atoms with Crippen LogP contribution >= 0.6 is 16.6 Å². The van der Waals surface area contributed by atoms with Crippen LogP contribution in [0.5, 0.6) is 0 Å². The molecule has 1 aliphatic heterocycles. The maximum Gasteiger partial charge on any atom is 0.350 e. The maximum absolute atomic E-state index is 9.44. The normalized spacial score (nSPS) is 17.9. The van der Waals surface area contributed by atoms with E-state index in [0.717, 1.165) is 19.6 Å². The van der Waals surface area contributed by atoms with Gasteiger partial charge in [0.1, 0.15) is 6.35 Å². The molecule has 74 valence electrons. The molecule has 8 heteroatoms. The fraction of sp³-hybridized carbons (Fsp3) is 1.00. The lowest BCUT2D eigenvalue weighted by Gasteiger charge is -2.08. The van der Waals surface area contributed by atoms with Gasteiger partial charge in [0.25, 0.3) is 0 Å². The second-order valence-corrected chi connectivity index (χ2v) is 4.30. The molecule has 0 aromatic heterocycles. The Labute approximate surface area is 72.0 Å². The van der Waals surface area contributed by atoms with Gasteiger partial charge in [0.15, 0.2) is 9.03 Å². The molecular weight excluding hydrogens is 206 g/mol. The summed E-state index contributed by atoms with van der Waals surface area (Å²) in [5.74, 6) is 0. The zero-order valence-corrected chi connectivity index (χ0v) is 8.24. The molecule has 0 unspecified atom stereocenters. The van der Waals surface area contributed by atoms with Crippen molar-refractivity contribution < 1.29 is 28.5 Å². The Morgan fingerprint density at radius 1 is 1.33 bits per heavy atom.